The summed E-state index contributed by atoms with van der Waals surface area (Å²) in [6.07, 6.45) is 1.85. The van der Waals surface area contributed by atoms with E-state index >= 15 is 0 Å². The van der Waals surface area contributed by atoms with Crippen LogP contribution in [-0.2, 0) is 9.59 Å². The van der Waals surface area contributed by atoms with Crippen LogP contribution in [0.2, 0.25) is 0 Å². The van der Waals surface area contributed by atoms with Crippen molar-refractivity contribution >= 4 is 11.9 Å². The molecule has 0 bridgehead atoms. The quantitative estimate of drug-likeness (QED) is 0.550. The summed E-state index contributed by atoms with van der Waals surface area (Å²) in [5.74, 6) is -1.74. The number of hydrogen-bond acceptors (Lipinski definition) is 4. The summed E-state index contributed by atoms with van der Waals surface area (Å²) < 4.78 is 17.9. The number of ether oxygens (including phenoxy) is 1. The fourth-order valence-electron chi connectivity index (χ4n) is 1.16. The second-order valence-corrected chi connectivity index (χ2v) is 3.44. The molecule has 98 valence electrons. The van der Waals surface area contributed by atoms with Crippen molar-refractivity contribution in [2.45, 2.75) is 12.8 Å². The lowest BCUT2D eigenvalue weighted by atomic mass is 10.3. The highest BCUT2D eigenvalue weighted by Gasteiger charge is 2.04. The Morgan fingerprint density at radius 3 is 2.94 bits per heavy atom. The SMILES string of the molecule is O=C(O)CNC(=O)CCCOc1ccnc(F)c1. The number of nitrogens with one attached hydrogen (secondary N) is 1. The van der Waals surface area contributed by atoms with Gasteiger partial charge in [-0.15, -0.1) is 0 Å². The largest absolute Gasteiger partial charge is 0.493 e. The van der Waals surface area contributed by atoms with Gasteiger partial charge in [-0.25, -0.2) is 4.98 Å². The standard InChI is InChI=1S/C11H13FN2O4/c12-9-6-8(3-4-13-9)18-5-1-2-10(15)14-7-11(16)17/h3-4,6H,1-2,5,7H2,(H,14,15)(H,16,17). The molecular formula is C11H13FN2O4. The molecule has 1 rings (SSSR count). The summed E-state index contributed by atoms with van der Waals surface area (Å²) >= 11 is 0. The summed E-state index contributed by atoms with van der Waals surface area (Å²) in [5, 5.41) is 10.6. The highest BCUT2D eigenvalue weighted by Crippen LogP contribution is 2.10. The highest BCUT2D eigenvalue weighted by molar-refractivity contribution is 5.80. The molecule has 18 heavy (non-hydrogen) atoms. The first-order valence-electron chi connectivity index (χ1n) is 5.31. The minimum absolute atomic E-state index is 0.154. The van der Waals surface area contributed by atoms with Crippen LogP contribution in [0.1, 0.15) is 12.8 Å². The molecule has 0 aliphatic heterocycles. The van der Waals surface area contributed by atoms with Crippen molar-refractivity contribution < 1.29 is 23.8 Å². The fraction of sp³-hybridized carbons (Fsp3) is 0.364. The summed E-state index contributed by atoms with van der Waals surface area (Å²) in [6, 6.07) is 2.65. The topological polar surface area (TPSA) is 88.5 Å². The van der Waals surface area contributed by atoms with E-state index in [9.17, 15) is 14.0 Å². The number of pyridine rings is 1. The number of carbonyl (C=O) groups is 2. The molecule has 0 fully saturated rings. The van der Waals surface area contributed by atoms with Crippen LogP contribution in [0, 0.1) is 5.95 Å². The maximum atomic E-state index is 12.7. The Labute approximate surface area is 103 Å². The predicted molar refractivity (Wildman–Crippen MR) is 59.6 cm³/mol. The molecular weight excluding hydrogens is 243 g/mol. The third-order valence-electron chi connectivity index (χ3n) is 1.95. The Balaban J connectivity index is 2.15. The number of rotatable bonds is 7. The third kappa shape index (κ3) is 5.78. The minimum Gasteiger partial charge on any atom is -0.493 e. The molecule has 0 saturated heterocycles. The van der Waals surface area contributed by atoms with Crippen molar-refractivity contribution in [2.24, 2.45) is 0 Å². The number of carboxylic acid groups (broad SMARTS) is 1. The molecule has 1 aromatic rings. The monoisotopic (exact) mass is 256 g/mol. The van der Waals surface area contributed by atoms with Crippen LogP contribution in [0.3, 0.4) is 0 Å². The van der Waals surface area contributed by atoms with Crippen molar-refractivity contribution in [1.29, 1.82) is 0 Å². The zero-order chi connectivity index (χ0) is 13.4. The Morgan fingerprint density at radius 1 is 1.50 bits per heavy atom. The molecule has 2 N–H and O–H groups in total. The van der Waals surface area contributed by atoms with Crippen molar-refractivity contribution in [2.75, 3.05) is 13.2 Å². The van der Waals surface area contributed by atoms with E-state index in [0.29, 0.717) is 12.2 Å². The van der Waals surface area contributed by atoms with Gasteiger partial charge in [-0.2, -0.15) is 4.39 Å². The molecule has 0 aliphatic rings. The fourth-order valence-corrected chi connectivity index (χ4v) is 1.16. The molecule has 7 heteroatoms. The van der Waals surface area contributed by atoms with Crippen molar-refractivity contribution in [3.05, 3.63) is 24.3 Å². The van der Waals surface area contributed by atoms with Crippen LogP contribution in [0.4, 0.5) is 4.39 Å². The highest BCUT2D eigenvalue weighted by atomic mass is 19.1. The van der Waals surface area contributed by atoms with Gasteiger partial charge in [-0.1, -0.05) is 0 Å². The van der Waals surface area contributed by atoms with E-state index in [4.69, 9.17) is 9.84 Å². The Bertz CT molecular complexity index is 425. The van der Waals surface area contributed by atoms with Crippen molar-refractivity contribution in [3.8, 4) is 5.75 Å². The Morgan fingerprint density at radius 2 is 2.28 bits per heavy atom. The summed E-state index contributed by atoms with van der Waals surface area (Å²) in [6.45, 7) is -0.154. The van der Waals surface area contributed by atoms with Gasteiger partial charge in [0.15, 0.2) is 0 Å². The summed E-state index contributed by atoms with van der Waals surface area (Å²) in [4.78, 5) is 24.7. The molecule has 1 amide bonds. The number of aliphatic carboxylic acids is 1. The number of amides is 1. The lowest BCUT2D eigenvalue weighted by Gasteiger charge is -2.05. The van der Waals surface area contributed by atoms with Crippen molar-refractivity contribution in [1.82, 2.24) is 10.3 Å². The van der Waals surface area contributed by atoms with Gasteiger partial charge in [-0.3, -0.25) is 9.59 Å². The van der Waals surface area contributed by atoms with E-state index in [2.05, 4.69) is 10.3 Å². The zero-order valence-corrected chi connectivity index (χ0v) is 9.56. The van der Waals surface area contributed by atoms with Crippen LogP contribution >= 0.6 is 0 Å². The minimum atomic E-state index is -1.09. The van der Waals surface area contributed by atoms with E-state index in [0.717, 1.165) is 6.07 Å². The van der Waals surface area contributed by atoms with Gasteiger partial charge in [0.05, 0.1) is 6.61 Å². The summed E-state index contributed by atoms with van der Waals surface area (Å²) in [5.41, 5.74) is 0. The van der Waals surface area contributed by atoms with Gasteiger partial charge in [0.25, 0.3) is 0 Å². The second-order valence-electron chi connectivity index (χ2n) is 3.44. The number of halogens is 1. The number of carbonyl (C=O) groups excluding carboxylic acids is 1. The maximum Gasteiger partial charge on any atom is 0.322 e. The molecule has 0 aromatic carbocycles. The van der Waals surface area contributed by atoms with Gasteiger partial charge in [0.2, 0.25) is 11.9 Å². The molecule has 0 spiro atoms. The van der Waals surface area contributed by atoms with Crippen LogP contribution in [0.15, 0.2) is 18.3 Å². The van der Waals surface area contributed by atoms with Gasteiger partial charge in [0.1, 0.15) is 12.3 Å². The zero-order valence-electron chi connectivity index (χ0n) is 9.56. The normalized spacial score (nSPS) is 9.83. The first-order valence-corrected chi connectivity index (χ1v) is 5.31. The van der Waals surface area contributed by atoms with Gasteiger partial charge in [0, 0.05) is 18.7 Å². The number of carboxylic acids is 1. The van der Waals surface area contributed by atoms with E-state index < -0.39 is 18.5 Å². The number of nitrogens with zero attached hydrogens (tertiary/aromatic N) is 1. The van der Waals surface area contributed by atoms with Crippen LogP contribution < -0.4 is 10.1 Å². The van der Waals surface area contributed by atoms with Gasteiger partial charge < -0.3 is 15.2 Å². The van der Waals surface area contributed by atoms with E-state index in [1.54, 1.807) is 0 Å². The number of aromatic nitrogens is 1. The first kappa shape index (κ1) is 13.9. The van der Waals surface area contributed by atoms with E-state index in [1.165, 1.54) is 12.3 Å². The average molecular weight is 256 g/mol. The second kappa shape index (κ2) is 7.21. The van der Waals surface area contributed by atoms with Crippen LogP contribution in [-0.4, -0.2) is 35.1 Å². The van der Waals surface area contributed by atoms with Gasteiger partial charge in [-0.05, 0) is 12.5 Å². The molecule has 0 atom stereocenters. The summed E-state index contributed by atoms with van der Waals surface area (Å²) in [7, 11) is 0. The molecule has 0 unspecified atom stereocenters. The first-order chi connectivity index (χ1) is 8.58. The maximum absolute atomic E-state index is 12.7. The smallest absolute Gasteiger partial charge is 0.322 e. The predicted octanol–water partition coefficient (Wildman–Crippen LogP) is 0.580. The Hall–Kier alpha value is -2.18. The number of hydrogen-bond donors (Lipinski definition) is 2. The Kier molecular flexibility index (Phi) is 5.56. The third-order valence-corrected chi connectivity index (χ3v) is 1.95. The van der Waals surface area contributed by atoms with E-state index in [-0.39, 0.29) is 18.9 Å². The molecule has 0 saturated carbocycles. The lowest BCUT2D eigenvalue weighted by molar-refractivity contribution is -0.137. The average Bonchev–Trinajstić information content (AvgIpc) is 2.32. The molecule has 0 aliphatic carbocycles. The van der Waals surface area contributed by atoms with Crippen molar-refractivity contribution in [3.63, 3.8) is 0 Å². The molecule has 1 aromatic heterocycles. The molecule has 1 heterocycles. The van der Waals surface area contributed by atoms with Crippen LogP contribution in [0.5, 0.6) is 5.75 Å². The van der Waals surface area contributed by atoms with Crippen LogP contribution in [0.25, 0.3) is 0 Å². The molecule has 0 radical (unpaired) electrons. The van der Waals surface area contributed by atoms with Gasteiger partial charge >= 0.3 is 5.97 Å². The van der Waals surface area contributed by atoms with E-state index in [1.807, 2.05) is 0 Å². The lowest BCUT2D eigenvalue weighted by Crippen LogP contribution is -2.29. The molecule has 6 nitrogen and oxygen atoms in total.